The van der Waals surface area contributed by atoms with Crippen LogP contribution in [0.15, 0.2) is 43.0 Å². The number of β-amino-alcohol motifs (C(OH)–C–C–N with tert-alkyl or cyclic N) is 1. The Kier molecular flexibility index (Phi) is 5.53. The minimum atomic E-state index is -0.485. The van der Waals surface area contributed by atoms with Crippen molar-refractivity contribution < 1.29 is 9.84 Å². The van der Waals surface area contributed by atoms with Gasteiger partial charge >= 0.3 is 0 Å². The van der Waals surface area contributed by atoms with Gasteiger partial charge in [0.15, 0.2) is 0 Å². The van der Waals surface area contributed by atoms with Crippen molar-refractivity contribution in [1.29, 1.82) is 0 Å². The van der Waals surface area contributed by atoms with Gasteiger partial charge in [-0.05, 0) is 37.4 Å². The molecule has 1 fully saturated rings. The molecule has 1 saturated heterocycles. The number of rotatable bonds is 6. The molecule has 24 heavy (non-hydrogen) atoms. The van der Waals surface area contributed by atoms with E-state index in [2.05, 4.69) is 21.4 Å². The van der Waals surface area contributed by atoms with Gasteiger partial charge in [0.25, 0.3) is 0 Å². The lowest BCUT2D eigenvalue weighted by molar-refractivity contribution is 0.0426. The first-order valence-electron chi connectivity index (χ1n) is 8.70. The molecule has 1 aliphatic rings. The number of imidazole rings is 1. The molecular formula is C19H27N3O2. The maximum Gasteiger partial charge on any atom is 0.122 e. The van der Waals surface area contributed by atoms with Crippen LogP contribution in [0.25, 0.3) is 0 Å². The van der Waals surface area contributed by atoms with Gasteiger partial charge in [-0.15, -0.1) is 0 Å². The van der Waals surface area contributed by atoms with E-state index < -0.39 is 6.10 Å². The summed E-state index contributed by atoms with van der Waals surface area (Å²) in [4.78, 5) is 6.49. The Morgan fingerprint density at radius 2 is 2.21 bits per heavy atom. The lowest BCUT2D eigenvalue weighted by Crippen LogP contribution is -2.44. The zero-order valence-corrected chi connectivity index (χ0v) is 14.5. The second-order valence-electron chi connectivity index (χ2n) is 6.83. The molecule has 1 aromatic heterocycles. The molecule has 2 aromatic rings. The highest BCUT2D eigenvalue weighted by molar-refractivity contribution is 5.31. The standard InChI is InChI=1S/C19H27N3O2/c1-15-7-9-21(12-18(15)22-10-8-20-14-22)11-17(23)13-24-19-6-4-3-5-16(19)2/h3-6,8,10,14-15,17-18,23H,7,9,11-13H2,1-2H3. The zero-order valence-electron chi connectivity index (χ0n) is 14.5. The van der Waals surface area contributed by atoms with Crippen molar-refractivity contribution in [3.8, 4) is 5.75 Å². The minimum Gasteiger partial charge on any atom is -0.491 e. The number of likely N-dealkylation sites (tertiary alicyclic amines) is 1. The Morgan fingerprint density at radius 1 is 1.38 bits per heavy atom. The van der Waals surface area contributed by atoms with Crippen LogP contribution < -0.4 is 4.74 Å². The highest BCUT2D eigenvalue weighted by atomic mass is 16.5. The number of aliphatic hydroxyl groups is 1. The Labute approximate surface area is 143 Å². The van der Waals surface area contributed by atoms with E-state index in [1.54, 1.807) is 0 Å². The molecule has 0 saturated carbocycles. The molecule has 3 rings (SSSR count). The maximum absolute atomic E-state index is 10.4. The van der Waals surface area contributed by atoms with Crippen LogP contribution in [0.5, 0.6) is 5.75 Å². The molecule has 0 spiro atoms. The van der Waals surface area contributed by atoms with Crippen molar-refractivity contribution in [3.63, 3.8) is 0 Å². The zero-order chi connectivity index (χ0) is 16.9. The van der Waals surface area contributed by atoms with Gasteiger partial charge in [0.1, 0.15) is 18.5 Å². The number of aryl methyl sites for hydroxylation is 1. The fraction of sp³-hybridized carbons (Fsp3) is 0.526. The van der Waals surface area contributed by atoms with Crippen molar-refractivity contribution in [2.45, 2.75) is 32.4 Å². The number of ether oxygens (including phenoxy) is 1. The van der Waals surface area contributed by atoms with Gasteiger partial charge < -0.3 is 14.4 Å². The molecule has 0 aliphatic carbocycles. The van der Waals surface area contributed by atoms with E-state index in [-0.39, 0.29) is 0 Å². The van der Waals surface area contributed by atoms with E-state index in [4.69, 9.17) is 4.74 Å². The number of benzene rings is 1. The minimum absolute atomic E-state index is 0.326. The van der Waals surface area contributed by atoms with Gasteiger partial charge in [-0.25, -0.2) is 4.98 Å². The monoisotopic (exact) mass is 329 g/mol. The van der Waals surface area contributed by atoms with Crippen molar-refractivity contribution in [2.24, 2.45) is 5.92 Å². The summed E-state index contributed by atoms with van der Waals surface area (Å²) >= 11 is 0. The second kappa shape index (κ2) is 7.81. The van der Waals surface area contributed by atoms with E-state index in [1.165, 1.54) is 0 Å². The summed E-state index contributed by atoms with van der Waals surface area (Å²) in [7, 11) is 0. The topological polar surface area (TPSA) is 50.5 Å². The van der Waals surface area contributed by atoms with Crippen molar-refractivity contribution >= 4 is 0 Å². The van der Waals surface area contributed by atoms with Crippen LogP contribution in [-0.2, 0) is 0 Å². The number of hydrogen-bond donors (Lipinski definition) is 1. The summed E-state index contributed by atoms with van der Waals surface area (Å²) in [5.74, 6) is 1.47. The Balaban J connectivity index is 1.51. The molecule has 130 valence electrons. The van der Waals surface area contributed by atoms with Gasteiger partial charge in [0.2, 0.25) is 0 Å². The highest BCUT2D eigenvalue weighted by Crippen LogP contribution is 2.27. The molecule has 1 N–H and O–H groups in total. The maximum atomic E-state index is 10.4. The number of piperidine rings is 1. The van der Waals surface area contributed by atoms with Gasteiger partial charge in [0.05, 0.1) is 6.33 Å². The molecule has 2 heterocycles. The summed E-state index contributed by atoms with van der Waals surface area (Å²) in [5, 5.41) is 10.4. The van der Waals surface area contributed by atoms with E-state index in [0.29, 0.717) is 25.1 Å². The first-order chi connectivity index (χ1) is 11.6. The molecule has 5 heteroatoms. The molecule has 0 bridgehead atoms. The van der Waals surface area contributed by atoms with Crippen LogP contribution >= 0.6 is 0 Å². The number of nitrogens with zero attached hydrogens (tertiary/aromatic N) is 3. The predicted molar refractivity (Wildman–Crippen MR) is 94.2 cm³/mol. The third kappa shape index (κ3) is 4.16. The number of hydrogen-bond acceptors (Lipinski definition) is 4. The van der Waals surface area contributed by atoms with Crippen LogP contribution in [0.3, 0.4) is 0 Å². The Hall–Kier alpha value is -1.85. The van der Waals surface area contributed by atoms with E-state index in [9.17, 15) is 5.11 Å². The molecule has 1 aromatic carbocycles. The Morgan fingerprint density at radius 3 is 2.96 bits per heavy atom. The lowest BCUT2D eigenvalue weighted by atomic mass is 9.93. The summed E-state index contributed by atoms with van der Waals surface area (Å²) in [6, 6.07) is 8.33. The highest BCUT2D eigenvalue weighted by Gasteiger charge is 2.28. The summed E-state index contributed by atoms with van der Waals surface area (Å²) < 4.78 is 7.96. The van der Waals surface area contributed by atoms with Crippen LogP contribution in [0.2, 0.25) is 0 Å². The van der Waals surface area contributed by atoms with Crippen LogP contribution in [0, 0.1) is 12.8 Å². The summed E-state index contributed by atoms with van der Waals surface area (Å²) in [6.45, 7) is 7.24. The summed E-state index contributed by atoms with van der Waals surface area (Å²) in [5.41, 5.74) is 1.09. The van der Waals surface area contributed by atoms with Crippen LogP contribution in [0.4, 0.5) is 0 Å². The molecule has 0 amide bonds. The molecule has 5 nitrogen and oxygen atoms in total. The van der Waals surface area contributed by atoms with Crippen molar-refractivity contribution in [1.82, 2.24) is 14.5 Å². The van der Waals surface area contributed by atoms with Crippen LogP contribution in [-0.4, -0.2) is 51.9 Å². The molecule has 0 radical (unpaired) electrons. The van der Waals surface area contributed by atoms with Crippen molar-refractivity contribution in [3.05, 3.63) is 48.5 Å². The van der Waals surface area contributed by atoms with E-state index in [0.717, 1.165) is 30.8 Å². The van der Waals surface area contributed by atoms with E-state index in [1.807, 2.05) is 49.9 Å². The average molecular weight is 329 g/mol. The fourth-order valence-electron chi connectivity index (χ4n) is 3.39. The van der Waals surface area contributed by atoms with Gasteiger partial charge in [-0.2, -0.15) is 0 Å². The largest absolute Gasteiger partial charge is 0.491 e. The summed E-state index contributed by atoms with van der Waals surface area (Å²) in [6.07, 6.45) is 6.40. The van der Waals surface area contributed by atoms with Crippen LogP contribution in [0.1, 0.15) is 24.9 Å². The quantitative estimate of drug-likeness (QED) is 0.885. The molecule has 3 atom stereocenters. The number of aromatic nitrogens is 2. The molecule has 1 aliphatic heterocycles. The van der Waals surface area contributed by atoms with E-state index >= 15 is 0 Å². The normalized spacial score (nSPS) is 23.1. The number of para-hydroxylation sites is 1. The first kappa shape index (κ1) is 17.0. The second-order valence-corrected chi connectivity index (χ2v) is 6.83. The predicted octanol–water partition coefficient (Wildman–Crippen LogP) is 2.51. The lowest BCUT2D eigenvalue weighted by Gasteiger charge is -2.38. The third-order valence-corrected chi connectivity index (χ3v) is 4.90. The Bertz CT molecular complexity index is 629. The smallest absolute Gasteiger partial charge is 0.122 e. The number of aliphatic hydroxyl groups excluding tert-OH is 1. The van der Waals surface area contributed by atoms with Gasteiger partial charge in [0, 0.05) is 31.5 Å². The first-order valence-corrected chi connectivity index (χ1v) is 8.70. The molecule has 3 unspecified atom stereocenters. The van der Waals surface area contributed by atoms with Crippen molar-refractivity contribution in [2.75, 3.05) is 26.2 Å². The van der Waals surface area contributed by atoms with Gasteiger partial charge in [-0.3, -0.25) is 4.90 Å². The molecular weight excluding hydrogens is 302 g/mol. The van der Waals surface area contributed by atoms with Gasteiger partial charge in [-0.1, -0.05) is 25.1 Å². The SMILES string of the molecule is Cc1ccccc1OCC(O)CN1CCC(C)C(n2ccnc2)C1. The fourth-order valence-corrected chi connectivity index (χ4v) is 3.39. The third-order valence-electron chi connectivity index (χ3n) is 4.90. The average Bonchev–Trinajstić information content (AvgIpc) is 3.10.